The molecule has 4 aromatic rings. The fraction of sp³-hybridized carbons (Fsp3) is 0.167. The number of aromatic nitrogens is 4. The third-order valence-corrected chi connectivity index (χ3v) is 5.55. The van der Waals surface area contributed by atoms with Crippen LogP contribution in [0.4, 0.5) is 5.82 Å². The normalized spacial score (nSPS) is 12.8. The molecule has 9 heteroatoms. The van der Waals surface area contributed by atoms with Crippen molar-refractivity contribution in [2.75, 3.05) is 11.9 Å². The Morgan fingerprint density at radius 3 is 2.58 bits per heavy atom. The van der Waals surface area contributed by atoms with Crippen LogP contribution in [0.3, 0.4) is 0 Å². The second kappa shape index (κ2) is 8.16. The van der Waals surface area contributed by atoms with Crippen LogP contribution in [-0.4, -0.2) is 44.5 Å². The number of hydrogen-bond donors (Lipinski definition) is 1. The highest BCUT2D eigenvalue weighted by Gasteiger charge is 2.35. The Morgan fingerprint density at radius 1 is 1.09 bits per heavy atom. The van der Waals surface area contributed by atoms with Crippen LogP contribution in [0.15, 0.2) is 61.2 Å². The summed E-state index contributed by atoms with van der Waals surface area (Å²) in [5.74, 6) is 0.159. The first-order chi connectivity index (χ1) is 16.1. The van der Waals surface area contributed by atoms with Crippen molar-refractivity contribution in [1.29, 1.82) is 5.26 Å². The van der Waals surface area contributed by atoms with Crippen molar-refractivity contribution in [1.82, 2.24) is 24.9 Å². The van der Waals surface area contributed by atoms with E-state index in [0.29, 0.717) is 28.2 Å². The van der Waals surface area contributed by atoms with Crippen molar-refractivity contribution in [2.45, 2.75) is 18.9 Å². The number of hydrogen-bond acceptors (Lipinski definition) is 6. The number of nitriles is 1. The summed E-state index contributed by atoms with van der Waals surface area (Å²) in [6.45, 7) is 0. The van der Waals surface area contributed by atoms with Crippen molar-refractivity contribution in [3.05, 3.63) is 77.9 Å². The third kappa shape index (κ3) is 3.78. The maximum absolute atomic E-state index is 13.5. The first-order valence-corrected chi connectivity index (χ1v) is 10.4. The molecule has 0 bridgehead atoms. The lowest BCUT2D eigenvalue weighted by Crippen LogP contribution is -2.33. The lowest BCUT2D eigenvalue weighted by Gasteiger charge is -2.21. The van der Waals surface area contributed by atoms with Crippen molar-refractivity contribution < 1.29 is 9.59 Å². The topological polar surface area (TPSA) is 116 Å². The average Bonchev–Trinajstić information content (AvgIpc) is 3.61. The van der Waals surface area contributed by atoms with Crippen molar-refractivity contribution in [2.24, 2.45) is 0 Å². The zero-order chi connectivity index (χ0) is 22.9. The van der Waals surface area contributed by atoms with Crippen molar-refractivity contribution in [3.8, 4) is 17.3 Å². The highest BCUT2D eigenvalue weighted by molar-refractivity contribution is 6.07. The molecule has 0 radical (unpaired) electrons. The Morgan fingerprint density at radius 2 is 1.94 bits per heavy atom. The smallest absolute Gasteiger partial charge is 0.259 e. The molecule has 1 N–H and O–H groups in total. The van der Waals surface area contributed by atoms with Crippen LogP contribution in [0.5, 0.6) is 0 Å². The van der Waals surface area contributed by atoms with Gasteiger partial charge in [0.1, 0.15) is 11.9 Å². The second-order valence-electron chi connectivity index (χ2n) is 7.74. The van der Waals surface area contributed by atoms with Crippen LogP contribution in [0.25, 0.3) is 16.8 Å². The van der Waals surface area contributed by atoms with Gasteiger partial charge in [0.15, 0.2) is 0 Å². The van der Waals surface area contributed by atoms with E-state index < -0.39 is 0 Å². The van der Waals surface area contributed by atoms with Gasteiger partial charge in [-0.05, 0) is 49.2 Å². The molecule has 1 aliphatic rings. The SMILES string of the molecule is CNC(=O)c1ccc(-c2cnn3ccc(C(=O)N(c4ccc(C#N)cn4)C4CC4)cc23)nc1. The molecule has 4 aromatic heterocycles. The van der Waals surface area contributed by atoms with E-state index in [0.717, 1.165) is 23.9 Å². The first kappa shape index (κ1) is 20.3. The Kier molecular flexibility index (Phi) is 5.03. The molecule has 162 valence electrons. The largest absolute Gasteiger partial charge is 0.355 e. The number of carbonyl (C=O) groups excluding carboxylic acids is 2. The Bertz CT molecular complexity index is 1400. The number of anilines is 1. The molecule has 0 spiro atoms. The Labute approximate surface area is 189 Å². The molecule has 0 aliphatic heterocycles. The van der Waals surface area contributed by atoms with Gasteiger partial charge in [-0.25, -0.2) is 9.50 Å². The fourth-order valence-corrected chi connectivity index (χ4v) is 3.67. The summed E-state index contributed by atoms with van der Waals surface area (Å²) in [6.07, 6.45) is 8.24. The molecule has 1 saturated carbocycles. The summed E-state index contributed by atoms with van der Waals surface area (Å²) in [6, 6.07) is 12.5. The van der Waals surface area contributed by atoms with Crippen LogP contribution >= 0.6 is 0 Å². The first-order valence-electron chi connectivity index (χ1n) is 10.4. The number of pyridine rings is 3. The van der Waals surface area contributed by atoms with E-state index in [1.165, 1.54) is 12.4 Å². The molecule has 0 aromatic carbocycles. The number of nitrogens with zero attached hydrogens (tertiary/aromatic N) is 6. The van der Waals surface area contributed by atoms with E-state index in [-0.39, 0.29) is 17.9 Å². The average molecular weight is 437 g/mol. The van der Waals surface area contributed by atoms with Gasteiger partial charge in [-0.2, -0.15) is 10.4 Å². The minimum Gasteiger partial charge on any atom is -0.355 e. The molecule has 5 rings (SSSR count). The molecule has 2 amide bonds. The van der Waals surface area contributed by atoms with Gasteiger partial charge in [0.05, 0.1) is 28.5 Å². The number of amides is 2. The summed E-state index contributed by atoms with van der Waals surface area (Å²) in [4.78, 5) is 35.7. The minimum atomic E-state index is -0.210. The third-order valence-electron chi connectivity index (χ3n) is 5.55. The molecule has 1 aliphatic carbocycles. The highest BCUT2D eigenvalue weighted by atomic mass is 16.2. The number of nitrogens with one attached hydrogen (secondary N) is 1. The van der Waals surface area contributed by atoms with Crippen LogP contribution in [0.1, 0.15) is 39.1 Å². The monoisotopic (exact) mass is 437 g/mol. The van der Waals surface area contributed by atoms with E-state index in [1.807, 2.05) is 6.07 Å². The van der Waals surface area contributed by atoms with Gasteiger partial charge in [0.25, 0.3) is 11.8 Å². The van der Waals surface area contributed by atoms with Gasteiger partial charge in [-0.15, -0.1) is 0 Å². The van der Waals surface area contributed by atoms with Gasteiger partial charge < -0.3 is 5.32 Å². The molecule has 33 heavy (non-hydrogen) atoms. The summed E-state index contributed by atoms with van der Waals surface area (Å²) < 4.78 is 1.68. The summed E-state index contributed by atoms with van der Waals surface area (Å²) in [5.41, 5.74) is 3.54. The van der Waals surface area contributed by atoms with E-state index in [2.05, 4.69) is 20.4 Å². The number of carbonyl (C=O) groups is 2. The van der Waals surface area contributed by atoms with E-state index in [1.54, 1.807) is 65.3 Å². The van der Waals surface area contributed by atoms with Crippen molar-refractivity contribution in [3.63, 3.8) is 0 Å². The summed E-state index contributed by atoms with van der Waals surface area (Å²) in [7, 11) is 1.57. The fourth-order valence-electron chi connectivity index (χ4n) is 3.67. The van der Waals surface area contributed by atoms with Gasteiger partial charge in [0.2, 0.25) is 0 Å². The Hall–Kier alpha value is -4.58. The summed E-state index contributed by atoms with van der Waals surface area (Å²) >= 11 is 0. The predicted octanol–water partition coefficient (Wildman–Crippen LogP) is 2.83. The van der Waals surface area contributed by atoms with E-state index in [9.17, 15) is 9.59 Å². The lowest BCUT2D eigenvalue weighted by atomic mass is 10.1. The van der Waals surface area contributed by atoms with E-state index >= 15 is 0 Å². The maximum atomic E-state index is 13.5. The molecular formula is C24H19N7O2. The van der Waals surface area contributed by atoms with Gasteiger partial charge in [0, 0.05) is 42.8 Å². The number of rotatable bonds is 5. The number of fused-ring (bicyclic) bond motifs is 1. The molecule has 1 fully saturated rings. The molecule has 9 nitrogen and oxygen atoms in total. The molecular weight excluding hydrogens is 418 g/mol. The van der Waals surface area contributed by atoms with Crippen molar-refractivity contribution >= 4 is 23.1 Å². The lowest BCUT2D eigenvalue weighted by molar-refractivity contribution is 0.0960. The molecule has 0 atom stereocenters. The maximum Gasteiger partial charge on any atom is 0.259 e. The van der Waals surface area contributed by atoms with Gasteiger partial charge >= 0.3 is 0 Å². The molecule has 0 saturated heterocycles. The Balaban J connectivity index is 1.50. The van der Waals surface area contributed by atoms with Crippen LogP contribution in [0.2, 0.25) is 0 Å². The van der Waals surface area contributed by atoms with Crippen LogP contribution < -0.4 is 10.2 Å². The molecule has 0 unspecified atom stereocenters. The highest BCUT2D eigenvalue weighted by Crippen LogP contribution is 2.33. The van der Waals surface area contributed by atoms with E-state index in [4.69, 9.17) is 5.26 Å². The second-order valence-corrected chi connectivity index (χ2v) is 7.74. The summed E-state index contributed by atoms with van der Waals surface area (Å²) in [5, 5.41) is 16.0. The minimum absolute atomic E-state index is 0.0949. The standard InChI is InChI=1S/C24H19N7O2/c1-26-23(32)17-3-6-20(27-13-17)19-14-29-30-9-8-16(10-21(19)30)24(33)31(18-4-5-18)22-7-2-15(11-25)12-28-22/h2-3,6-10,12-14,18H,4-5H2,1H3,(H,26,32). The van der Waals surface area contributed by atoms with Crippen LogP contribution in [-0.2, 0) is 0 Å². The molecule has 4 heterocycles. The zero-order valence-corrected chi connectivity index (χ0v) is 17.8. The van der Waals surface area contributed by atoms with Crippen LogP contribution in [0, 0.1) is 11.3 Å². The quantitative estimate of drug-likeness (QED) is 0.513. The van der Waals surface area contributed by atoms with Gasteiger partial charge in [-0.3, -0.25) is 19.5 Å². The zero-order valence-electron chi connectivity index (χ0n) is 17.8. The predicted molar refractivity (Wildman–Crippen MR) is 121 cm³/mol. The van der Waals surface area contributed by atoms with Gasteiger partial charge in [-0.1, -0.05) is 0 Å².